The van der Waals surface area contributed by atoms with E-state index in [2.05, 4.69) is 29.6 Å². The predicted octanol–water partition coefficient (Wildman–Crippen LogP) is 4.71. The number of anilines is 1. The molecular weight excluding hydrogens is 237 g/mol. The second kappa shape index (κ2) is 5.43. The smallest absolute Gasteiger partial charge is 0.146 e. The lowest BCUT2D eigenvalue weighted by Gasteiger charge is -2.21. The average molecular weight is 255 g/mol. The van der Waals surface area contributed by atoms with Crippen molar-refractivity contribution in [1.29, 1.82) is 0 Å². The van der Waals surface area contributed by atoms with Gasteiger partial charge in [0, 0.05) is 0 Å². The van der Waals surface area contributed by atoms with Crippen LogP contribution < -0.4 is 5.32 Å². The van der Waals surface area contributed by atoms with Gasteiger partial charge in [-0.15, -0.1) is 0 Å². The van der Waals surface area contributed by atoms with Crippen LogP contribution in [-0.4, -0.2) is 0 Å². The van der Waals surface area contributed by atoms with E-state index in [1.165, 1.54) is 30.0 Å². The lowest BCUT2D eigenvalue weighted by Crippen LogP contribution is -2.12. The fraction of sp³-hybridized carbons (Fsp3) is 0.294. The van der Waals surface area contributed by atoms with Gasteiger partial charge in [0.1, 0.15) is 5.82 Å². The Balaban J connectivity index is 1.91. The molecule has 0 heterocycles. The van der Waals surface area contributed by atoms with Crippen LogP contribution in [0.4, 0.5) is 10.1 Å². The maximum Gasteiger partial charge on any atom is 0.146 e. The van der Waals surface area contributed by atoms with E-state index in [0.29, 0.717) is 5.69 Å². The van der Waals surface area contributed by atoms with Gasteiger partial charge in [-0.25, -0.2) is 4.39 Å². The van der Waals surface area contributed by atoms with Crippen LogP contribution >= 0.6 is 0 Å². The van der Waals surface area contributed by atoms with Crippen molar-refractivity contribution in [3.8, 4) is 0 Å². The fourth-order valence-electron chi connectivity index (χ4n) is 2.84. The molecule has 1 nitrogen and oxygen atoms in total. The molecule has 2 aromatic rings. The molecule has 1 atom stereocenters. The minimum Gasteiger partial charge on any atom is -0.376 e. The minimum absolute atomic E-state index is 0.177. The Kier molecular flexibility index (Phi) is 3.49. The molecule has 0 amide bonds. The van der Waals surface area contributed by atoms with Gasteiger partial charge in [0.25, 0.3) is 0 Å². The van der Waals surface area contributed by atoms with Gasteiger partial charge in [0.05, 0.1) is 11.7 Å². The van der Waals surface area contributed by atoms with Crippen LogP contribution in [0.25, 0.3) is 0 Å². The first kappa shape index (κ1) is 12.2. The maximum atomic E-state index is 13.8. The van der Waals surface area contributed by atoms with E-state index in [-0.39, 0.29) is 11.9 Å². The van der Waals surface area contributed by atoms with Gasteiger partial charge < -0.3 is 5.32 Å². The Morgan fingerprint density at radius 2 is 1.74 bits per heavy atom. The van der Waals surface area contributed by atoms with Crippen LogP contribution in [0, 0.1) is 5.82 Å². The lowest BCUT2D eigenvalue weighted by atomic mass is 9.99. The van der Waals surface area contributed by atoms with Crippen molar-refractivity contribution in [3.05, 3.63) is 65.5 Å². The van der Waals surface area contributed by atoms with Gasteiger partial charge in [-0.3, -0.25) is 0 Å². The molecule has 0 aliphatic heterocycles. The predicted molar refractivity (Wildman–Crippen MR) is 76.8 cm³/mol. The standard InChI is InChI=1S/C17H18FN/c18-15-10-4-6-12-17(15)19-16-11-5-2-8-13-7-1-3-9-14(13)16/h1,3-4,6-7,9-10,12,16,19H,2,5,8,11H2. The van der Waals surface area contributed by atoms with Crippen LogP contribution in [0.1, 0.15) is 36.4 Å². The fourth-order valence-corrected chi connectivity index (χ4v) is 2.84. The number of hydrogen-bond acceptors (Lipinski definition) is 1. The molecule has 0 aromatic heterocycles. The first-order chi connectivity index (χ1) is 9.34. The molecular formula is C17H18FN. The highest BCUT2D eigenvalue weighted by molar-refractivity contribution is 5.48. The summed E-state index contributed by atoms with van der Waals surface area (Å²) in [6.07, 6.45) is 4.59. The van der Waals surface area contributed by atoms with Crippen molar-refractivity contribution in [2.45, 2.75) is 31.7 Å². The normalized spacial score (nSPS) is 18.5. The van der Waals surface area contributed by atoms with Crippen molar-refractivity contribution in [1.82, 2.24) is 0 Å². The molecule has 2 heteroatoms. The molecule has 1 aliphatic carbocycles. The van der Waals surface area contributed by atoms with Gasteiger partial charge in [-0.1, -0.05) is 42.8 Å². The summed E-state index contributed by atoms with van der Waals surface area (Å²) >= 11 is 0. The molecule has 1 N–H and O–H groups in total. The zero-order chi connectivity index (χ0) is 13.1. The minimum atomic E-state index is -0.177. The van der Waals surface area contributed by atoms with E-state index in [1.54, 1.807) is 6.07 Å². The third-order valence-corrected chi connectivity index (χ3v) is 3.82. The summed E-state index contributed by atoms with van der Waals surface area (Å²) < 4.78 is 13.8. The molecule has 1 unspecified atom stereocenters. The number of aryl methyl sites for hydroxylation is 1. The molecule has 2 aromatic carbocycles. The van der Waals surface area contributed by atoms with Crippen molar-refractivity contribution in [2.75, 3.05) is 5.32 Å². The Labute approximate surface area is 113 Å². The number of fused-ring (bicyclic) bond motifs is 1. The Bertz CT molecular complexity index is 565. The van der Waals surface area contributed by atoms with E-state index in [1.807, 2.05) is 12.1 Å². The van der Waals surface area contributed by atoms with Crippen LogP contribution in [0.15, 0.2) is 48.5 Å². The quantitative estimate of drug-likeness (QED) is 0.767. The molecule has 1 aliphatic rings. The van der Waals surface area contributed by atoms with E-state index >= 15 is 0 Å². The highest BCUT2D eigenvalue weighted by Gasteiger charge is 2.18. The summed E-state index contributed by atoms with van der Waals surface area (Å²) in [7, 11) is 0. The SMILES string of the molecule is Fc1ccccc1NC1CCCCc2ccccc21. The molecule has 19 heavy (non-hydrogen) atoms. The highest BCUT2D eigenvalue weighted by atomic mass is 19.1. The second-order valence-corrected chi connectivity index (χ2v) is 5.12. The molecule has 0 spiro atoms. The third-order valence-electron chi connectivity index (χ3n) is 3.82. The van der Waals surface area contributed by atoms with Gasteiger partial charge in [0.2, 0.25) is 0 Å². The summed E-state index contributed by atoms with van der Waals surface area (Å²) in [5.41, 5.74) is 3.32. The zero-order valence-electron chi connectivity index (χ0n) is 10.9. The second-order valence-electron chi connectivity index (χ2n) is 5.12. The summed E-state index contributed by atoms with van der Waals surface area (Å²) in [6, 6.07) is 15.6. The van der Waals surface area contributed by atoms with Crippen molar-refractivity contribution in [2.24, 2.45) is 0 Å². The molecule has 0 bridgehead atoms. The summed E-state index contributed by atoms with van der Waals surface area (Å²) in [5, 5.41) is 3.37. The van der Waals surface area contributed by atoms with Crippen LogP contribution in [0.5, 0.6) is 0 Å². The topological polar surface area (TPSA) is 12.0 Å². The highest BCUT2D eigenvalue weighted by Crippen LogP contribution is 2.31. The van der Waals surface area contributed by atoms with E-state index in [0.717, 1.165) is 12.8 Å². The largest absolute Gasteiger partial charge is 0.376 e. The monoisotopic (exact) mass is 255 g/mol. The maximum absolute atomic E-state index is 13.8. The number of halogens is 1. The third kappa shape index (κ3) is 2.62. The van der Waals surface area contributed by atoms with Gasteiger partial charge >= 0.3 is 0 Å². The number of hydrogen-bond donors (Lipinski definition) is 1. The number of rotatable bonds is 2. The van der Waals surface area contributed by atoms with Gasteiger partial charge in [0.15, 0.2) is 0 Å². The molecule has 0 saturated carbocycles. The molecule has 0 fully saturated rings. The molecule has 3 rings (SSSR count). The van der Waals surface area contributed by atoms with Crippen LogP contribution in [0.2, 0.25) is 0 Å². The van der Waals surface area contributed by atoms with Crippen molar-refractivity contribution in [3.63, 3.8) is 0 Å². The van der Waals surface area contributed by atoms with Crippen molar-refractivity contribution >= 4 is 5.69 Å². The zero-order valence-corrected chi connectivity index (χ0v) is 10.9. The van der Waals surface area contributed by atoms with Crippen molar-refractivity contribution < 1.29 is 4.39 Å². The van der Waals surface area contributed by atoms with E-state index in [4.69, 9.17) is 0 Å². The average Bonchev–Trinajstić information content (AvgIpc) is 2.64. The van der Waals surface area contributed by atoms with E-state index in [9.17, 15) is 4.39 Å². The Hall–Kier alpha value is -1.83. The van der Waals surface area contributed by atoms with Gasteiger partial charge in [-0.2, -0.15) is 0 Å². The van der Waals surface area contributed by atoms with E-state index < -0.39 is 0 Å². The number of benzene rings is 2. The lowest BCUT2D eigenvalue weighted by molar-refractivity contribution is 0.612. The molecule has 98 valence electrons. The van der Waals surface area contributed by atoms with Crippen LogP contribution in [-0.2, 0) is 6.42 Å². The molecule has 0 saturated heterocycles. The number of para-hydroxylation sites is 1. The van der Waals surface area contributed by atoms with Gasteiger partial charge in [-0.05, 0) is 42.5 Å². The first-order valence-electron chi connectivity index (χ1n) is 6.93. The Morgan fingerprint density at radius 1 is 0.947 bits per heavy atom. The first-order valence-corrected chi connectivity index (χ1v) is 6.93. The summed E-state index contributed by atoms with van der Waals surface area (Å²) in [6.45, 7) is 0. The molecule has 0 radical (unpaired) electrons. The Morgan fingerprint density at radius 3 is 2.63 bits per heavy atom. The van der Waals surface area contributed by atoms with Crippen LogP contribution in [0.3, 0.4) is 0 Å². The summed E-state index contributed by atoms with van der Waals surface area (Å²) in [5.74, 6) is -0.177. The summed E-state index contributed by atoms with van der Waals surface area (Å²) in [4.78, 5) is 0. The number of nitrogens with one attached hydrogen (secondary N) is 1.